The fourth-order valence-electron chi connectivity index (χ4n) is 3.41. The highest BCUT2D eigenvalue weighted by atomic mass is 16.5. The Morgan fingerprint density at radius 2 is 1.82 bits per heavy atom. The maximum absolute atomic E-state index is 10.8. The van der Waals surface area contributed by atoms with Crippen molar-refractivity contribution in [3.63, 3.8) is 0 Å². The van der Waals surface area contributed by atoms with E-state index in [1.54, 1.807) is 0 Å². The highest BCUT2D eigenvalue weighted by Gasteiger charge is 2.35. The molecule has 0 saturated carbocycles. The number of aryl methyl sites for hydroxylation is 2. The third-order valence-electron chi connectivity index (χ3n) is 5.01. The zero-order chi connectivity index (χ0) is 15.7. The molecule has 2 N–H and O–H groups in total. The summed E-state index contributed by atoms with van der Waals surface area (Å²) in [6.07, 6.45) is -0.493. The van der Waals surface area contributed by atoms with Crippen LogP contribution in [0.15, 0.2) is 12.1 Å². The molecule has 22 heavy (non-hydrogen) atoms. The Balaban J connectivity index is 1.71. The molecule has 2 atom stereocenters. The monoisotopic (exact) mass is 306 g/mol. The van der Waals surface area contributed by atoms with E-state index in [1.807, 2.05) is 6.07 Å². The number of aliphatic hydroxyl groups excluding tert-OH is 2. The molecule has 3 rings (SSSR count). The molecule has 0 bridgehead atoms. The molecule has 2 unspecified atom stereocenters. The smallest absolute Gasteiger partial charge is 0.125 e. The molecule has 2 heterocycles. The maximum Gasteiger partial charge on any atom is 0.125 e. The Morgan fingerprint density at radius 1 is 1.14 bits per heavy atom. The topological polar surface area (TPSA) is 56.2 Å². The molecule has 1 aromatic carbocycles. The minimum atomic E-state index is -0.493. The standard InChI is InChI=1S/C17H26N2O3/c1-12-9-14-16(10-13(12)2)22-11-15(17(14)21)19-5-3-18(4-6-19)7-8-20/h9-10,15,17,20-21H,3-8,11H2,1-2H3. The number of hydrogen-bond acceptors (Lipinski definition) is 5. The van der Waals surface area contributed by atoms with Gasteiger partial charge in [-0.25, -0.2) is 0 Å². The zero-order valence-corrected chi connectivity index (χ0v) is 13.5. The van der Waals surface area contributed by atoms with Gasteiger partial charge in [-0.05, 0) is 37.1 Å². The lowest BCUT2D eigenvalue weighted by atomic mass is 9.94. The third kappa shape index (κ3) is 2.99. The fraction of sp³-hybridized carbons (Fsp3) is 0.647. The number of ether oxygens (including phenoxy) is 1. The molecule has 1 aromatic rings. The van der Waals surface area contributed by atoms with Gasteiger partial charge in [0.2, 0.25) is 0 Å². The van der Waals surface area contributed by atoms with E-state index in [0.717, 1.165) is 44.0 Å². The van der Waals surface area contributed by atoms with Crippen LogP contribution in [-0.4, -0.2) is 72.0 Å². The molecule has 0 spiro atoms. The molecule has 2 aliphatic rings. The number of nitrogens with zero attached hydrogens (tertiary/aromatic N) is 2. The predicted octanol–water partition coefficient (Wildman–Crippen LogP) is 0.708. The van der Waals surface area contributed by atoms with Crippen molar-refractivity contribution >= 4 is 0 Å². The second kappa shape index (κ2) is 6.54. The number of fused-ring (bicyclic) bond motifs is 1. The highest BCUT2D eigenvalue weighted by molar-refractivity contribution is 5.44. The summed E-state index contributed by atoms with van der Waals surface area (Å²) >= 11 is 0. The van der Waals surface area contributed by atoms with E-state index in [2.05, 4.69) is 29.7 Å². The number of hydrogen-bond donors (Lipinski definition) is 2. The van der Waals surface area contributed by atoms with Crippen LogP contribution in [-0.2, 0) is 0 Å². The SMILES string of the molecule is Cc1cc2c(cc1C)C(O)C(N1CCN(CCO)CC1)CO2. The molecular formula is C17H26N2O3. The normalized spacial score (nSPS) is 26.5. The first-order valence-electron chi connectivity index (χ1n) is 8.09. The van der Waals surface area contributed by atoms with Gasteiger partial charge in [0.05, 0.1) is 12.6 Å². The van der Waals surface area contributed by atoms with Crippen LogP contribution in [0.2, 0.25) is 0 Å². The predicted molar refractivity (Wildman–Crippen MR) is 85.3 cm³/mol. The van der Waals surface area contributed by atoms with Crippen LogP contribution >= 0.6 is 0 Å². The molecule has 5 heteroatoms. The van der Waals surface area contributed by atoms with Gasteiger partial charge in [-0.2, -0.15) is 0 Å². The minimum Gasteiger partial charge on any atom is -0.491 e. The van der Waals surface area contributed by atoms with Crippen LogP contribution in [0.4, 0.5) is 0 Å². The first-order chi connectivity index (χ1) is 10.6. The number of piperazine rings is 1. The number of aliphatic hydroxyl groups is 2. The van der Waals surface area contributed by atoms with Crippen molar-refractivity contribution < 1.29 is 14.9 Å². The summed E-state index contributed by atoms with van der Waals surface area (Å²) in [5.41, 5.74) is 3.30. The number of rotatable bonds is 3. The lowest BCUT2D eigenvalue weighted by Gasteiger charge is -2.42. The van der Waals surface area contributed by atoms with Gasteiger partial charge >= 0.3 is 0 Å². The first kappa shape index (κ1) is 15.7. The summed E-state index contributed by atoms with van der Waals surface area (Å²) in [7, 11) is 0. The van der Waals surface area contributed by atoms with Crippen LogP contribution in [0.1, 0.15) is 22.8 Å². The zero-order valence-electron chi connectivity index (χ0n) is 13.5. The van der Waals surface area contributed by atoms with E-state index in [9.17, 15) is 5.11 Å². The molecule has 0 aromatic heterocycles. The molecule has 2 aliphatic heterocycles. The Bertz CT molecular complexity index is 527. The average molecular weight is 306 g/mol. The van der Waals surface area contributed by atoms with Crippen LogP contribution < -0.4 is 4.74 Å². The van der Waals surface area contributed by atoms with E-state index in [0.29, 0.717) is 6.61 Å². The lowest BCUT2D eigenvalue weighted by molar-refractivity contribution is -0.0188. The molecule has 0 radical (unpaired) electrons. The van der Waals surface area contributed by atoms with Crippen LogP contribution in [0.3, 0.4) is 0 Å². The quantitative estimate of drug-likeness (QED) is 0.861. The Hall–Kier alpha value is -1.14. The molecular weight excluding hydrogens is 280 g/mol. The van der Waals surface area contributed by atoms with E-state index < -0.39 is 6.10 Å². The lowest BCUT2D eigenvalue weighted by Crippen LogP contribution is -2.55. The van der Waals surface area contributed by atoms with Gasteiger partial charge in [-0.3, -0.25) is 9.80 Å². The fourth-order valence-corrected chi connectivity index (χ4v) is 3.41. The summed E-state index contributed by atoms with van der Waals surface area (Å²) in [4.78, 5) is 4.57. The van der Waals surface area contributed by atoms with Gasteiger partial charge in [0.1, 0.15) is 18.5 Å². The molecule has 0 aliphatic carbocycles. The minimum absolute atomic E-state index is 0.0193. The van der Waals surface area contributed by atoms with E-state index in [1.165, 1.54) is 11.1 Å². The van der Waals surface area contributed by atoms with Crippen molar-refractivity contribution in [2.45, 2.75) is 26.0 Å². The average Bonchev–Trinajstić information content (AvgIpc) is 2.51. The van der Waals surface area contributed by atoms with Gasteiger partial charge in [0.25, 0.3) is 0 Å². The van der Waals surface area contributed by atoms with E-state index in [4.69, 9.17) is 9.84 Å². The summed E-state index contributed by atoms with van der Waals surface area (Å²) in [6.45, 7) is 9.30. The summed E-state index contributed by atoms with van der Waals surface area (Å²) in [5.74, 6) is 0.825. The van der Waals surface area contributed by atoms with Gasteiger partial charge in [-0.15, -0.1) is 0 Å². The van der Waals surface area contributed by atoms with Crippen molar-refractivity contribution in [3.8, 4) is 5.75 Å². The first-order valence-corrected chi connectivity index (χ1v) is 8.09. The van der Waals surface area contributed by atoms with Crippen LogP contribution in [0, 0.1) is 13.8 Å². The van der Waals surface area contributed by atoms with E-state index in [-0.39, 0.29) is 12.6 Å². The van der Waals surface area contributed by atoms with Gasteiger partial charge in [0, 0.05) is 38.3 Å². The molecule has 5 nitrogen and oxygen atoms in total. The molecule has 1 fully saturated rings. The summed E-state index contributed by atoms with van der Waals surface area (Å²) < 4.78 is 5.91. The largest absolute Gasteiger partial charge is 0.491 e. The van der Waals surface area contributed by atoms with Gasteiger partial charge in [-0.1, -0.05) is 0 Å². The second-order valence-corrected chi connectivity index (χ2v) is 6.40. The van der Waals surface area contributed by atoms with Gasteiger partial charge < -0.3 is 14.9 Å². The van der Waals surface area contributed by atoms with Crippen molar-refractivity contribution in [2.75, 3.05) is 45.9 Å². The van der Waals surface area contributed by atoms with E-state index >= 15 is 0 Å². The Morgan fingerprint density at radius 3 is 2.50 bits per heavy atom. The van der Waals surface area contributed by atoms with Crippen molar-refractivity contribution in [1.29, 1.82) is 0 Å². The molecule has 1 saturated heterocycles. The summed E-state index contributed by atoms with van der Waals surface area (Å²) in [6, 6.07) is 4.11. The van der Waals surface area contributed by atoms with Crippen LogP contribution in [0.25, 0.3) is 0 Å². The van der Waals surface area contributed by atoms with Crippen molar-refractivity contribution in [2.24, 2.45) is 0 Å². The second-order valence-electron chi connectivity index (χ2n) is 6.40. The maximum atomic E-state index is 10.8. The number of benzene rings is 1. The number of β-amino-alcohol motifs (C(OH)–C–C–N with tert-alkyl or cyclic N) is 1. The molecule has 0 amide bonds. The van der Waals surface area contributed by atoms with Crippen molar-refractivity contribution in [3.05, 3.63) is 28.8 Å². The van der Waals surface area contributed by atoms with Crippen LogP contribution in [0.5, 0.6) is 5.75 Å². The highest BCUT2D eigenvalue weighted by Crippen LogP contribution is 2.36. The third-order valence-corrected chi connectivity index (χ3v) is 5.01. The van der Waals surface area contributed by atoms with Crippen molar-refractivity contribution in [1.82, 2.24) is 9.80 Å². The Labute approximate surface area is 132 Å². The summed E-state index contributed by atoms with van der Waals surface area (Å²) in [5, 5.41) is 19.8. The Kier molecular flexibility index (Phi) is 4.68. The van der Waals surface area contributed by atoms with Gasteiger partial charge in [0.15, 0.2) is 0 Å². The molecule has 122 valence electrons.